The van der Waals surface area contributed by atoms with Gasteiger partial charge in [0.15, 0.2) is 5.41 Å². The second-order valence-corrected chi connectivity index (χ2v) is 7.99. The first kappa shape index (κ1) is 19.2. The fraction of sp³-hybridized carbons (Fsp3) is 0.286. The van der Waals surface area contributed by atoms with Crippen LogP contribution in [0.15, 0.2) is 69.8 Å². The molecule has 1 aliphatic heterocycles. The summed E-state index contributed by atoms with van der Waals surface area (Å²) in [6.07, 6.45) is -3.20. The SMILES string of the molecule is FC(F)(F)C1(c2nc(-c3ccc(Br)cc3)co2)CCN(Cc2ccccc2)C1. The van der Waals surface area contributed by atoms with Crippen molar-refractivity contribution in [2.24, 2.45) is 0 Å². The molecule has 7 heteroatoms. The average Bonchev–Trinajstić information content (AvgIpc) is 3.31. The van der Waals surface area contributed by atoms with E-state index in [0.717, 1.165) is 15.6 Å². The number of halogens is 4. The molecule has 0 spiro atoms. The highest BCUT2D eigenvalue weighted by atomic mass is 79.9. The Kier molecular flexibility index (Phi) is 5.05. The van der Waals surface area contributed by atoms with Gasteiger partial charge >= 0.3 is 6.18 Å². The highest BCUT2D eigenvalue weighted by Crippen LogP contribution is 2.48. The Labute approximate surface area is 169 Å². The van der Waals surface area contributed by atoms with Gasteiger partial charge in [-0.25, -0.2) is 4.98 Å². The van der Waals surface area contributed by atoms with E-state index in [4.69, 9.17) is 4.42 Å². The third-order valence-electron chi connectivity index (χ3n) is 5.19. The number of alkyl halides is 3. The normalized spacial score (nSPS) is 20.6. The van der Waals surface area contributed by atoms with Crippen molar-refractivity contribution in [1.29, 1.82) is 0 Å². The van der Waals surface area contributed by atoms with Crippen LogP contribution in [0.25, 0.3) is 11.3 Å². The minimum atomic E-state index is -4.44. The molecule has 0 amide bonds. The minimum absolute atomic E-state index is 0.0658. The zero-order valence-corrected chi connectivity index (χ0v) is 16.5. The monoisotopic (exact) mass is 450 g/mol. The maximum absolute atomic E-state index is 14.1. The van der Waals surface area contributed by atoms with Gasteiger partial charge < -0.3 is 4.42 Å². The van der Waals surface area contributed by atoms with Crippen LogP contribution in [-0.4, -0.2) is 29.1 Å². The maximum atomic E-state index is 14.1. The highest BCUT2D eigenvalue weighted by molar-refractivity contribution is 9.10. The molecule has 28 heavy (non-hydrogen) atoms. The molecule has 3 aromatic rings. The van der Waals surface area contributed by atoms with Crippen LogP contribution in [-0.2, 0) is 12.0 Å². The molecule has 2 aromatic carbocycles. The summed E-state index contributed by atoms with van der Waals surface area (Å²) in [6, 6.07) is 16.7. The number of aromatic nitrogens is 1. The smallest absolute Gasteiger partial charge is 0.404 e. The van der Waals surface area contributed by atoms with Crippen molar-refractivity contribution >= 4 is 15.9 Å². The number of oxazole rings is 1. The summed E-state index contributed by atoms with van der Waals surface area (Å²) in [5.41, 5.74) is 0.0285. The van der Waals surface area contributed by atoms with Gasteiger partial charge in [-0.2, -0.15) is 13.2 Å². The van der Waals surface area contributed by atoms with Gasteiger partial charge in [0.2, 0.25) is 5.89 Å². The molecule has 0 bridgehead atoms. The van der Waals surface area contributed by atoms with Crippen LogP contribution in [0.1, 0.15) is 17.9 Å². The Balaban J connectivity index is 1.62. The number of hydrogen-bond acceptors (Lipinski definition) is 3. The molecule has 4 rings (SSSR count). The second-order valence-electron chi connectivity index (χ2n) is 7.07. The molecule has 1 unspecified atom stereocenters. The van der Waals surface area contributed by atoms with Crippen molar-refractivity contribution < 1.29 is 17.6 Å². The van der Waals surface area contributed by atoms with E-state index in [-0.39, 0.29) is 18.9 Å². The lowest BCUT2D eigenvalue weighted by Gasteiger charge is -2.28. The van der Waals surface area contributed by atoms with Crippen molar-refractivity contribution in [2.75, 3.05) is 13.1 Å². The van der Waals surface area contributed by atoms with E-state index >= 15 is 0 Å². The maximum Gasteiger partial charge on any atom is 0.404 e. The average molecular weight is 451 g/mol. The van der Waals surface area contributed by atoms with Gasteiger partial charge in [-0.1, -0.05) is 58.4 Å². The number of hydrogen-bond donors (Lipinski definition) is 0. The third kappa shape index (κ3) is 3.61. The van der Waals surface area contributed by atoms with Crippen LogP contribution < -0.4 is 0 Å². The van der Waals surface area contributed by atoms with E-state index in [1.807, 2.05) is 47.4 Å². The predicted molar refractivity (Wildman–Crippen MR) is 104 cm³/mol. The van der Waals surface area contributed by atoms with Crippen molar-refractivity contribution in [1.82, 2.24) is 9.88 Å². The van der Waals surface area contributed by atoms with Gasteiger partial charge in [0.25, 0.3) is 0 Å². The molecule has 2 heterocycles. The van der Waals surface area contributed by atoms with Gasteiger partial charge in [-0.15, -0.1) is 0 Å². The lowest BCUT2D eigenvalue weighted by Crippen LogP contribution is -2.45. The van der Waals surface area contributed by atoms with Crippen molar-refractivity contribution in [3.8, 4) is 11.3 Å². The van der Waals surface area contributed by atoms with Gasteiger partial charge in [-0.05, 0) is 30.7 Å². The van der Waals surface area contributed by atoms with Gasteiger partial charge in [0, 0.05) is 23.1 Å². The van der Waals surface area contributed by atoms with Crippen LogP contribution >= 0.6 is 15.9 Å². The van der Waals surface area contributed by atoms with Crippen LogP contribution in [0, 0.1) is 0 Å². The summed E-state index contributed by atoms with van der Waals surface area (Å²) in [7, 11) is 0. The Bertz CT molecular complexity index is 940. The summed E-state index contributed by atoms with van der Waals surface area (Å²) in [5, 5.41) is 0. The van der Waals surface area contributed by atoms with Crippen LogP contribution in [0.5, 0.6) is 0 Å². The van der Waals surface area contributed by atoms with Crippen molar-refractivity contribution in [2.45, 2.75) is 24.6 Å². The third-order valence-corrected chi connectivity index (χ3v) is 5.72. The summed E-state index contributed by atoms with van der Waals surface area (Å²) in [4.78, 5) is 6.06. The van der Waals surface area contributed by atoms with E-state index < -0.39 is 11.6 Å². The van der Waals surface area contributed by atoms with E-state index in [9.17, 15) is 13.2 Å². The molecule has 146 valence electrons. The molecule has 1 aliphatic rings. The molecule has 0 radical (unpaired) electrons. The first-order valence-corrected chi connectivity index (χ1v) is 9.72. The van der Waals surface area contributed by atoms with Crippen molar-refractivity contribution in [3.63, 3.8) is 0 Å². The van der Waals surface area contributed by atoms with Gasteiger partial charge in [0.1, 0.15) is 12.0 Å². The van der Waals surface area contributed by atoms with Crippen LogP contribution in [0.2, 0.25) is 0 Å². The fourth-order valence-electron chi connectivity index (χ4n) is 3.64. The summed E-state index contributed by atoms with van der Waals surface area (Å²) in [6.45, 7) is 0.648. The van der Waals surface area contributed by atoms with Gasteiger partial charge in [-0.3, -0.25) is 4.90 Å². The van der Waals surface area contributed by atoms with E-state index in [1.165, 1.54) is 6.26 Å². The molecular formula is C21H18BrF3N2O. The number of rotatable bonds is 4. The molecule has 0 aliphatic carbocycles. The van der Waals surface area contributed by atoms with Crippen LogP contribution in [0.4, 0.5) is 13.2 Å². The first-order valence-electron chi connectivity index (χ1n) is 8.92. The molecule has 3 nitrogen and oxygen atoms in total. The molecular weight excluding hydrogens is 433 g/mol. The number of likely N-dealkylation sites (tertiary alicyclic amines) is 1. The predicted octanol–water partition coefficient (Wildman–Crippen LogP) is 5.81. The largest absolute Gasteiger partial charge is 0.447 e. The molecule has 1 fully saturated rings. The Morgan fingerprint density at radius 2 is 1.79 bits per heavy atom. The highest BCUT2D eigenvalue weighted by Gasteiger charge is 2.62. The molecule has 1 saturated heterocycles. The van der Waals surface area contributed by atoms with E-state index in [0.29, 0.717) is 18.8 Å². The first-order chi connectivity index (χ1) is 13.4. The molecule has 0 N–H and O–H groups in total. The van der Waals surface area contributed by atoms with E-state index in [1.54, 1.807) is 12.1 Å². The quantitative estimate of drug-likeness (QED) is 0.502. The molecule has 1 atom stereocenters. The van der Waals surface area contributed by atoms with Crippen LogP contribution in [0.3, 0.4) is 0 Å². The van der Waals surface area contributed by atoms with Crippen molar-refractivity contribution in [3.05, 3.63) is 76.8 Å². The lowest BCUT2D eigenvalue weighted by molar-refractivity contribution is -0.193. The minimum Gasteiger partial charge on any atom is -0.447 e. The topological polar surface area (TPSA) is 29.3 Å². The summed E-state index contributed by atoms with van der Waals surface area (Å²) in [5.74, 6) is -0.256. The Morgan fingerprint density at radius 1 is 1.07 bits per heavy atom. The second kappa shape index (κ2) is 7.37. The Hall–Kier alpha value is -2.12. The fourth-order valence-corrected chi connectivity index (χ4v) is 3.90. The summed E-state index contributed by atoms with van der Waals surface area (Å²) >= 11 is 3.35. The number of nitrogens with zero attached hydrogens (tertiary/aromatic N) is 2. The Morgan fingerprint density at radius 3 is 2.46 bits per heavy atom. The van der Waals surface area contributed by atoms with Gasteiger partial charge in [0.05, 0.1) is 0 Å². The molecule has 0 saturated carbocycles. The standard InChI is InChI=1S/C21H18BrF3N2O/c22-17-8-6-16(7-9-17)18-13-28-19(26-18)20(21(23,24)25)10-11-27(14-20)12-15-4-2-1-3-5-15/h1-9,13H,10-12,14H2. The molecule has 1 aromatic heterocycles. The number of benzene rings is 2. The lowest BCUT2D eigenvalue weighted by atomic mass is 9.86. The summed E-state index contributed by atoms with van der Waals surface area (Å²) < 4.78 is 48.7. The zero-order chi connectivity index (χ0) is 19.8. The zero-order valence-electron chi connectivity index (χ0n) is 14.9. The van der Waals surface area contributed by atoms with E-state index in [2.05, 4.69) is 20.9 Å².